The van der Waals surface area contributed by atoms with Crippen molar-refractivity contribution in [2.45, 2.75) is 19.3 Å². The molecule has 3 N–H and O–H groups in total. The van der Waals surface area contributed by atoms with Crippen LogP contribution >= 0.6 is 0 Å². The van der Waals surface area contributed by atoms with Gasteiger partial charge in [0.2, 0.25) is 0 Å². The number of carbonyl (C=O) groups excluding carboxylic acids is 1. The molecule has 0 atom stereocenters. The molecule has 3 aromatic rings. The summed E-state index contributed by atoms with van der Waals surface area (Å²) < 4.78 is 5.79. The van der Waals surface area contributed by atoms with Crippen LogP contribution in [-0.2, 0) is 16.0 Å². The predicted molar refractivity (Wildman–Crippen MR) is 141 cm³/mol. The Labute approximate surface area is 215 Å². The van der Waals surface area contributed by atoms with Crippen LogP contribution in [0.1, 0.15) is 28.2 Å². The number of carboxylic acid groups (broad SMARTS) is 1. The molecule has 1 amide bonds. The van der Waals surface area contributed by atoms with Gasteiger partial charge in [0.25, 0.3) is 0 Å². The maximum absolute atomic E-state index is 13.0. The molecule has 0 saturated carbocycles. The third-order valence-electron chi connectivity index (χ3n) is 7.36. The molecular formula is C28H29BN2O6. The second-order valence-corrected chi connectivity index (χ2v) is 9.55. The van der Waals surface area contributed by atoms with Gasteiger partial charge in [0.05, 0.1) is 6.42 Å². The Bertz CT molecular complexity index is 1290. The molecule has 0 radical (unpaired) electrons. The molecule has 0 aromatic heterocycles. The fourth-order valence-electron chi connectivity index (χ4n) is 5.42. The van der Waals surface area contributed by atoms with Crippen molar-refractivity contribution in [2.75, 3.05) is 37.7 Å². The number of carboxylic acids is 1. The average molecular weight is 500 g/mol. The molecular weight excluding hydrogens is 471 g/mol. The summed E-state index contributed by atoms with van der Waals surface area (Å²) in [5.74, 6) is -0.987. The van der Waals surface area contributed by atoms with E-state index in [1.807, 2.05) is 36.1 Å². The number of hydrogen-bond donors (Lipinski definition) is 3. The molecule has 1 heterocycles. The lowest BCUT2D eigenvalue weighted by molar-refractivity contribution is -0.136. The van der Waals surface area contributed by atoms with Crippen LogP contribution in [0.15, 0.2) is 60.7 Å². The Morgan fingerprint density at radius 1 is 0.946 bits per heavy atom. The van der Waals surface area contributed by atoms with E-state index < -0.39 is 13.1 Å². The number of anilines is 1. The van der Waals surface area contributed by atoms with Gasteiger partial charge in [-0.3, -0.25) is 4.79 Å². The highest BCUT2D eigenvalue weighted by molar-refractivity contribution is 6.58. The quantitative estimate of drug-likeness (QED) is 0.446. The first-order valence-electron chi connectivity index (χ1n) is 12.4. The van der Waals surface area contributed by atoms with Crippen molar-refractivity contribution in [1.29, 1.82) is 0 Å². The van der Waals surface area contributed by atoms with E-state index in [0.717, 1.165) is 11.3 Å². The molecule has 1 aliphatic carbocycles. The van der Waals surface area contributed by atoms with Gasteiger partial charge in [-0.25, -0.2) is 4.79 Å². The van der Waals surface area contributed by atoms with E-state index in [1.165, 1.54) is 28.3 Å². The van der Waals surface area contributed by atoms with Crippen molar-refractivity contribution in [3.63, 3.8) is 0 Å². The molecule has 190 valence electrons. The molecule has 1 saturated heterocycles. The van der Waals surface area contributed by atoms with E-state index >= 15 is 0 Å². The Balaban J connectivity index is 1.25. The van der Waals surface area contributed by atoms with Gasteiger partial charge in [-0.05, 0) is 51.8 Å². The predicted octanol–water partition coefficient (Wildman–Crippen LogP) is 2.37. The maximum atomic E-state index is 13.0. The van der Waals surface area contributed by atoms with Crippen LogP contribution in [0.3, 0.4) is 0 Å². The Hall–Kier alpha value is -3.82. The van der Waals surface area contributed by atoms with E-state index in [1.54, 1.807) is 11.0 Å². The number of hydrogen-bond acceptors (Lipinski definition) is 6. The van der Waals surface area contributed by atoms with Gasteiger partial charge >= 0.3 is 19.2 Å². The zero-order valence-electron chi connectivity index (χ0n) is 20.6. The summed E-state index contributed by atoms with van der Waals surface area (Å²) in [6.07, 6.45) is -0.566. The standard InChI is InChI=1S/C28H29BN2O6/c1-18-19(15-27(32)33)14-20(29(35)36)16-26(18)30-10-12-31(13-11-30)28(34)37-17-25-23-8-4-2-6-21(23)22-7-3-5-9-24(22)25/h2-9,14,16,25,35-36H,10-13,15,17H2,1H3,(H,32,33). The molecule has 0 bridgehead atoms. The van der Waals surface area contributed by atoms with E-state index in [4.69, 9.17) is 4.74 Å². The van der Waals surface area contributed by atoms with Gasteiger partial charge in [-0.15, -0.1) is 0 Å². The number of fused-ring (bicyclic) bond motifs is 3. The van der Waals surface area contributed by atoms with Gasteiger partial charge in [0, 0.05) is 37.8 Å². The first kappa shape index (κ1) is 24.9. The van der Waals surface area contributed by atoms with Gasteiger partial charge in [0.1, 0.15) is 6.61 Å². The summed E-state index contributed by atoms with van der Waals surface area (Å²) in [5.41, 5.74) is 7.00. The number of ether oxygens (including phenoxy) is 1. The Morgan fingerprint density at radius 3 is 2.11 bits per heavy atom. The van der Waals surface area contributed by atoms with Crippen molar-refractivity contribution in [2.24, 2.45) is 0 Å². The SMILES string of the molecule is Cc1c(CC(=O)O)cc(B(O)O)cc1N1CCN(C(=O)OCC2c3ccccc3-c3ccccc32)CC1. The molecule has 2 aliphatic rings. The molecule has 9 heteroatoms. The number of nitrogens with zero attached hydrogens (tertiary/aromatic N) is 2. The summed E-state index contributed by atoms with van der Waals surface area (Å²) >= 11 is 0. The van der Waals surface area contributed by atoms with Crippen LogP contribution in [0.25, 0.3) is 11.1 Å². The highest BCUT2D eigenvalue weighted by Gasteiger charge is 2.31. The number of aliphatic carboxylic acids is 1. The maximum Gasteiger partial charge on any atom is 0.488 e. The van der Waals surface area contributed by atoms with Crippen molar-refractivity contribution < 1.29 is 29.5 Å². The van der Waals surface area contributed by atoms with E-state index in [-0.39, 0.29) is 30.5 Å². The van der Waals surface area contributed by atoms with Gasteiger partial charge in [-0.2, -0.15) is 0 Å². The summed E-state index contributed by atoms with van der Waals surface area (Å²) in [6.45, 7) is 4.01. The monoisotopic (exact) mass is 500 g/mol. The normalized spacial score (nSPS) is 14.8. The Morgan fingerprint density at radius 2 is 1.54 bits per heavy atom. The van der Waals surface area contributed by atoms with E-state index in [9.17, 15) is 24.7 Å². The molecule has 37 heavy (non-hydrogen) atoms. The number of amides is 1. The molecule has 0 spiro atoms. The topological polar surface area (TPSA) is 111 Å². The molecule has 5 rings (SSSR count). The third kappa shape index (κ3) is 4.92. The molecule has 0 unspecified atom stereocenters. The summed E-state index contributed by atoms with van der Waals surface area (Å²) in [5, 5.41) is 28.7. The third-order valence-corrected chi connectivity index (χ3v) is 7.36. The average Bonchev–Trinajstić information content (AvgIpc) is 3.22. The number of benzene rings is 3. The van der Waals surface area contributed by atoms with E-state index in [2.05, 4.69) is 24.3 Å². The first-order valence-corrected chi connectivity index (χ1v) is 12.4. The Kier molecular flexibility index (Phi) is 6.91. The smallest absolute Gasteiger partial charge is 0.481 e. The highest BCUT2D eigenvalue weighted by atomic mass is 16.6. The zero-order valence-corrected chi connectivity index (χ0v) is 20.6. The summed E-state index contributed by atoms with van der Waals surface area (Å²) in [6, 6.07) is 19.6. The lowest BCUT2D eigenvalue weighted by atomic mass is 9.78. The van der Waals surface area contributed by atoms with Crippen LogP contribution in [0.2, 0.25) is 0 Å². The van der Waals surface area contributed by atoms with Gasteiger partial charge < -0.3 is 29.7 Å². The van der Waals surface area contributed by atoms with Crippen molar-refractivity contribution in [3.05, 3.63) is 82.9 Å². The van der Waals surface area contributed by atoms with Crippen molar-refractivity contribution >= 4 is 30.3 Å². The second kappa shape index (κ2) is 10.3. The largest absolute Gasteiger partial charge is 0.488 e. The minimum absolute atomic E-state index is 0.000550. The fraction of sp³-hybridized carbons (Fsp3) is 0.286. The molecule has 8 nitrogen and oxygen atoms in total. The highest BCUT2D eigenvalue weighted by Crippen LogP contribution is 2.44. The zero-order chi connectivity index (χ0) is 26.1. The number of rotatable bonds is 6. The van der Waals surface area contributed by atoms with Gasteiger partial charge in [0.15, 0.2) is 0 Å². The molecule has 3 aromatic carbocycles. The van der Waals surface area contributed by atoms with Crippen LogP contribution in [0.4, 0.5) is 10.5 Å². The summed E-state index contributed by atoms with van der Waals surface area (Å²) in [4.78, 5) is 28.0. The second-order valence-electron chi connectivity index (χ2n) is 9.55. The number of carbonyl (C=O) groups is 2. The first-order chi connectivity index (χ1) is 17.8. The van der Waals surface area contributed by atoms with Crippen molar-refractivity contribution in [1.82, 2.24) is 4.90 Å². The van der Waals surface area contributed by atoms with Crippen LogP contribution < -0.4 is 10.4 Å². The lowest BCUT2D eigenvalue weighted by Gasteiger charge is -2.37. The van der Waals surface area contributed by atoms with Crippen LogP contribution in [0.5, 0.6) is 0 Å². The number of piperazine rings is 1. The van der Waals surface area contributed by atoms with E-state index in [0.29, 0.717) is 31.7 Å². The molecule has 1 aliphatic heterocycles. The summed E-state index contributed by atoms with van der Waals surface area (Å²) in [7, 11) is -1.70. The minimum Gasteiger partial charge on any atom is -0.481 e. The van der Waals surface area contributed by atoms with Crippen LogP contribution in [0, 0.1) is 6.92 Å². The fourth-order valence-corrected chi connectivity index (χ4v) is 5.42. The molecule has 1 fully saturated rings. The van der Waals surface area contributed by atoms with Crippen LogP contribution in [-0.4, -0.2) is 72.0 Å². The van der Waals surface area contributed by atoms with Gasteiger partial charge in [-0.1, -0.05) is 54.6 Å². The minimum atomic E-state index is -1.70. The van der Waals surface area contributed by atoms with Crippen molar-refractivity contribution in [3.8, 4) is 11.1 Å². The lowest BCUT2D eigenvalue weighted by Crippen LogP contribution is -2.49.